The molecule has 0 aromatic heterocycles. The number of rotatable bonds is 5. The Balaban J connectivity index is 1.91. The summed E-state index contributed by atoms with van der Waals surface area (Å²) in [5.41, 5.74) is 0.498. The van der Waals surface area contributed by atoms with E-state index in [1.54, 1.807) is 24.3 Å². The van der Waals surface area contributed by atoms with Crippen LogP contribution < -0.4 is 10.6 Å². The van der Waals surface area contributed by atoms with Gasteiger partial charge in [0.15, 0.2) is 0 Å². The Morgan fingerprint density at radius 3 is 2.65 bits per heavy atom. The van der Waals surface area contributed by atoms with Crippen LogP contribution in [0.4, 0.5) is 5.69 Å². The fourth-order valence-corrected chi connectivity index (χ4v) is 2.35. The number of hydrogen-bond donors (Lipinski definition) is 2. The SMILES string of the molecule is C=CCNC(=O)C1CC1C(=O)Nc1ccc(Cl)cc1Cl. The van der Waals surface area contributed by atoms with E-state index in [0.29, 0.717) is 28.7 Å². The molecule has 1 fully saturated rings. The first-order valence-electron chi connectivity index (χ1n) is 6.17. The van der Waals surface area contributed by atoms with Crippen LogP contribution in [0.1, 0.15) is 6.42 Å². The summed E-state index contributed by atoms with van der Waals surface area (Å²) >= 11 is 11.8. The first-order valence-corrected chi connectivity index (χ1v) is 6.93. The van der Waals surface area contributed by atoms with E-state index in [1.165, 1.54) is 0 Å². The van der Waals surface area contributed by atoms with Crippen LogP contribution in [-0.2, 0) is 9.59 Å². The van der Waals surface area contributed by atoms with E-state index in [1.807, 2.05) is 0 Å². The monoisotopic (exact) mass is 312 g/mol. The van der Waals surface area contributed by atoms with Crippen molar-refractivity contribution in [1.82, 2.24) is 5.32 Å². The zero-order chi connectivity index (χ0) is 14.7. The molecule has 2 rings (SSSR count). The van der Waals surface area contributed by atoms with Crippen LogP contribution in [0.25, 0.3) is 0 Å². The second kappa shape index (κ2) is 6.29. The van der Waals surface area contributed by atoms with Crippen LogP contribution in [0.15, 0.2) is 30.9 Å². The zero-order valence-corrected chi connectivity index (χ0v) is 12.2. The summed E-state index contributed by atoms with van der Waals surface area (Å²) in [4.78, 5) is 23.7. The predicted octanol–water partition coefficient (Wildman–Crippen LogP) is 2.87. The average Bonchev–Trinajstić information content (AvgIpc) is 3.19. The molecule has 2 unspecified atom stereocenters. The second-order valence-electron chi connectivity index (χ2n) is 4.60. The van der Waals surface area contributed by atoms with Crippen molar-refractivity contribution in [3.05, 3.63) is 40.9 Å². The summed E-state index contributed by atoms with van der Waals surface area (Å²) in [6.07, 6.45) is 2.16. The molecular formula is C14H14Cl2N2O2. The van der Waals surface area contributed by atoms with Crippen LogP contribution in [0, 0.1) is 11.8 Å². The van der Waals surface area contributed by atoms with Gasteiger partial charge in [0, 0.05) is 11.6 Å². The standard InChI is InChI=1S/C14H14Cl2N2O2/c1-2-5-17-13(19)9-7-10(9)14(20)18-12-4-3-8(15)6-11(12)16/h2-4,6,9-10H,1,5,7H2,(H,17,19)(H,18,20). The first-order chi connectivity index (χ1) is 9.52. The maximum Gasteiger partial charge on any atom is 0.228 e. The molecule has 0 heterocycles. The van der Waals surface area contributed by atoms with Gasteiger partial charge in [-0.05, 0) is 24.6 Å². The highest BCUT2D eigenvalue weighted by Gasteiger charge is 2.47. The van der Waals surface area contributed by atoms with E-state index in [2.05, 4.69) is 17.2 Å². The third-order valence-electron chi connectivity index (χ3n) is 3.07. The number of benzene rings is 1. The lowest BCUT2D eigenvalue weighted by Gasteiger charge is -2.07. The van der Waals surface area contributed by atoms with E-state index >= 15 is 0 Å². The van der Waals surface area contributed by atoms with Crippen LogP contribution in [0.5, 0.6) is 0 Å². The van der Waals surface area contributed by atoms with Crippen LogP contribution in [0.3, 0.4) is 0 Å². The van der Waals surface area contributed by atoms with Crippen molar-refractivity contribution in [2.24, 2.45) is 11.8 Å². The molecule has 1 aromatic carbocycles. The van der Waals surface area contributed by atoms with Crippen molar-refractivity contribution < 1.29 is 9.59 Å². The van der Waals surface area contributed by atoms with Gasteiger partial charge in [0.25, 0.3) is 0 Å². The van der Waals surface area contributed by atoms with Gasteiger partial charge in [0.2, 0.25) is 11.8 Å². The minimum Gasteiger partial charge on any atom is -0.352 e. The molecule has 0 spiro atoms. The fourth-order valence-electron chi connectivity index (χ4n) is 1.89. The van der Waals surface area contributed by atoms with Crippen LogP contribution >= 0.6 is 23.2 Å². The van der Waals surface area contributed by atoms with Gasteiger partial charge < -0.3 is 10.6 Å². The Hall–Kier alpha value is -1.52. The highest BCUT2D eigenvalue weighted by atomic mass is 35.5. The highest BCUT2D eigenvalue weighted by Crippen LogP contribution is 2.40. The van der Waals surface area contributed by atoms with Gasteiger partial charge in [0.1, 0.15) is 0 Å². The van der Waals surface area contributed by atoms with Gasteiger partial charge in [-0.3, -0.25) is 9.59 Å². The Morgan fingerprint density at radius 2 is 2.00 bits per heavy atom. The smallest absolute Gasteiger partial charge is 0.228 e. The second-order valence-corrected chi connectivity index (χ2v) is 5.44. The fraction of sp³-hybridized carbons (Fsp3) is 0.286. The van der Waals surface area contributed by atoms with Crippen molar-refractivity contribution in [3.63, 3.8) is 0 Å². The molecule has 1 saturated carbocycles. The van der Waals surface area contributed by atoms with Gasteiger partial charge >= 0.3 is 0 Å². The lowest BCUT2D eigenvalue weighted by atomic mass is 10.2. The summed E-state index contributed by atoms with van der Waals surface area (Å²) in [6, 6.07) is 4.84. The Morgan fingerprint density at radius 1 is 1.30 bits per heavy atom. The molecule has 0 aliphatic heterocycles. The van der Waals surface area contributed by atoms with Crippen molar-refractivity contribution in [3.8, 4) is 0 Å². The Labute approximate surface area is 127 Å². The largest absolute Gasteiger partial charge is 0.352 e. The van der Waals surface area contributed by atoms with Crippen LogP contribution in [0.2, 0.25) is 10.0 Å². The maximum atomic E-state index is 12.0. The van der Waals surface area contributed by atoms with Crippen molar-refractivity contribution >= 4 is 40.7 Å². The third-order valence-corrected chi connectivity index (χ3v) is 3.62. The quantitative estimate of drug-likeness (QED) is 0.821. The number of hydrogen-bond acceptors (Lipinski definition) is 2. The Kier molecular flexibility index (Phi) is 4.68. The van der Waals surface area contributed by atoms with Gasteiger partial charge in [-0.1, -0.05) is 29.3 Å². The minimum atomic E-state index is -0.299. The maximum absolute atomic E-state index is 12.0. The number of carbonyl (C=O) groups is 2. The number of amides is 2. The van der Waals surface area contributed by atoms with Gasteiger partial charge in [0.05, 0.1) is 22.5 Å². The normalized spacial score (nSPS) is 20.1. The zero-order valence-electron chi connectivity index (χ0n) is 10.7. The van der Waals surface area contributed by atoms with Gasteiger partial charge in [-0.15, -0.1) is 6.58 Å². The molecule has 1 aliphatic carbocycles. The number of anilines is 1. The summed E-state index contributed by atoms with van der Waals surface area (Å²) in [7, 11) is 0. The third kappa shape index (κ3) is 3.52. The molecule has 6 heteroatoms. The minimum absolute atomic E-state index is 0.118. The molecule has 4 nitrogen and oxygen atoms in total. The summed E-state index contributed by atoms with van der Waals surface area (Å²) in [6.45, 7) is 3.93. The lowest BCUT2D eigenvalue weighted by Crippen LogP contribution is -2.27. The summed E-state index contributed by atoms with van der Waals surface area (Å²) in [5, 5.41) is 6.27. The molecule has 0 radical (unpaired) electrons. The molecule has 2 amide bonds. The van der Waals surface area contributed by atoms with E-state index in [9.17, 15) is 9.59 Å². The lowest BCUT2D eigenvalue weighted by molar-refractivity contribution is -0.125. The molecular weight excluding hydrogens is 299 g/mol. The molecule has 0 saturated heterocycles. The molecule has 2 atom stereocenters. The molecule has 106 valence electrons. The number of nitrogens with one attached hydrogen (secondary N) is 2. The molecule has 2 N–H and O–H groups in total. The van der Waals surface area contributed by atoms with Gasteiger partial charge in [-0.25, -0.2) is 0 Å². The van der Waals surface area contributed by atoms with Crippen LogP contribution in [-0.4, -0.2) is 18.4 Å². The van der Waals surface area contributed by atoms with E-state index in [-0.39, 0.29) is 23.7 Å². The average molecular weight is 313 g/mol. The van der Waals surface area contributed by atoms with Crippen molar-refractivity contribution in [2.75, 3.05) is 11.9 Å². The van der Waals surface area contributed by atoms with E-state index < -0.39 is 0 Å². The van der Waals surface area contributed by atoms with E-state index in [0.717, 1.165) is 0 Å². The Bertz CT molecular complexity index is 560. The van der Waals surface area contributed by atoms with E-state index in [4.69, 9.17) is 23.2 Å². The predicted molar refractivity (Wildman–Crippen MR) is 79.9 cm³/mol. The molecule has 1 aromatic rings. The molecule has 1 aliphatic rings. The number of carbonyl (C=O) groups excluding carboxylic acids is 2. The first kappa shape index (κ1) is 14.9. The molecule has 20 heavy (non-hydrogen) atoms. The van der Waals surface area contributed by atoms with Crippen molar-refractivity contribution in [1.29, 1.82) is 0 Å². The topological polar surface area (TPSA) is 58.2 Å². The summed E-state index contributed by atoms with van der Waals surface area (Å²) < 4.78 is 0. The van der Waals surface area contributed by atoms with Gasteiger partial charge in [-0.2, -0.15) is 0 Å². The summed E-state index contributed by atoms with van der Waals surface area (Å²) in [5.74, 6) is -0.882. The number of halogens is 2. The highest BCUT2D eigenvalue weighted by molar-refractivity contribution is 6.36. The van der Waals surface area contributed by atoms with Crippen molar-refractivity contribution in [2.45, 2.75) is 6.42 Å². The molecule has 0 bridgehead atoms.